The predicted molar refractivity (Wildman–Crippen MR) is 105 cm³/mol. The Morgan fingerprint density at radius 2 is 1.78 bits per heavy atom. The van der Waals surface area contributed by atoms with E-state index >= 15 is 0 Å². The Labute approximate surface area is 162 Å². The lowest BCUT2D eigenvalue weighted by Gasteiger charge is -2.32. The average molecular weight is 377 g/mol. The number of nitrogens with two attached hydrogens (primary N) is 1. The lowest BCUT2D eigenvalue weighted by Crippen LogP contribution is -2.31. The van der Waals surface area contributed by atoms with E-state index in [0.29, 0.717) is 22.3 Å². The summed E-state index contributed by atoms with van der Waals surface area (Å²) in [5, 5.41) is 14.7. The molecule has 5 nitrogen and oxygen atoms in total. The molecule has 27 heavy (non-hydrogen) atoms. The molecule has 0 fully saturated rings. The van der Waals surface area contributed by atoms with Crippen LogP contribution in [0.25, 0.3) is 0 Å². The van der Waals surface area contributed by atoms with Crippen molar-refractivity contribution in [2.45, 2.75) is 19.8 Å². The Morgan fingerprint density at radius 3 is 2.41 bits per heavy atom. The molecule has 1 aliphatic heterocycles. The number of halogens is 1. The maximum atomic E-state index is 9.92. The summed E-state index contributed by atoms with van der Waals surface area (Å²) in [6, 6.07) is 17.6. The third kappa shape index (κ3) is 2.75. The summed E-state index contributed by atoms with van der Waals surface area (Å²) >= 11 is 6.04. The minimum atomic E-state index is -0.352. The smallest absolute Gasteiger partial charge is 0.241 e. The number of allylic oxidation sites excluding steroid dienone is 1. The molecule has 0 unspecified atom stereocenters. The van der Waals surface area contributed by atoms with E-state index < -0.39 is 0 Å². The van der Waals surface area contributed by atoms with Gasteiger partial charge in [-0.15, -0.1) is 0 Å². The molecule has 2 N–H and O–H groups in total. The number of rotatable bonds is 2. The monoisotopic (exact) mass is 376 g/mol. The largest absolute Gasteiger partial charge is 0.384 e. The number of hydrogen-bond donors (Lipinski definition) is 1. The van der Waals surface area contributed by atoms with Crippen molar-refractivity contribution >= 4 is 23.2 Å². The number of nitrogens with zero attached hydrogens (tertiary/aromatic N) is 3. The molecule has 134 valence electrons. The van der Waals surface area contributed by atoms with Crippen LogP contribution in [0.2, 0.25) is 5.02 Å². The molecule has 0 radical (unpaired) electrons. The second-order valence-corrected chi connectivity index (χ2v) is 6.99. The van der Waals surface area contributed by atoms with Gasteiger partial charge in [0.15, 0.2) is 0 Å². The minimum absolute atomic E-state index is 0.338. The fraction of sp³-hybridized carbons (Fsp3) is 0.143. The standard InChI is InChI=1S/C21H17ClN4O/c1-12-3-9-16(10-4-12)26-20(24)17(11-23)19(14-5-7-15(22)8-6-14)18-13(2)25-27-21(18)26/h3-10,19H,24H2,1-2H3/t19-/m1/s1. The van der Waals surface area contributed by atoms with Crippen LogP contribution in [-0.2, 0) is 0 Å². The molecule has 0 amide bonds. The number of hydrogen-bond acceptors (Lipinski definition) is 5. The highest BCUT2D eigenvalue weighted by Gasteiger charge is 2.38. The molecule has 0 saturated heterocycles. The quantitative estimate of drug-likeness (QED) is 0.686. The van der Waals surface area contributed by atoms with Crippen molar-refractivity contribution in [1.29, 1.82) is 5.26 Å². The molecule has 0 aliphatic carbocycles. The number of aryl methyl sites for hydroxylation is 2. The van der Waals surface area contributed by atoms with Crippen molar-refractivity contribution in [3.05, 3.63) is 87.3 Å². The van der Waals surface area contributed by atoms with Crippen molar-refractivity contribution in [2.24, 2.45) is 5.73 Å². The van der Waals surface area contributed by atoms with E-state index in [2.05, 4.69) is 11.2 Å². The first-order chi connectivity index (χ1) is 13.0. The third-order valence-corrected chi connectivity index (χ3v) is 5.05. The van der Waals surface area contributed by atoms with E-state index in [-0.39, 0.29) is 5.92 Å². The number of anilines is 2. The summed E-state index contributed by atoms with van der Waals surface area (Å²) in [5.41, 5.74) is 11.3. The third-order valence-electron chi connectivity index (χ3n) is 4.80. The molecule has 4 rings (SSSR count). The van der Waals surface area contributed by atoms with Crippen LogP contribution in [0, 0.1) is 25.2 Å². The Balaban J connectivity index is 1.96. The molecule has 1 aliphatic rings. The second-order valence-electron chi connectivity index (χ2n) is 6.55. The number of aromatic nitrogens is 1. The molecule has 3 aromatic rings. The van der Waals surface area contributed by atoms with Crippen LogP contribution in [0.1, 0.15) is 28.3 Å². The van der Waals surface area contributed by atoms with E-state index in [9.17, 15) is 5.26 Å². The van der Waals surface area contributed by atoms with Crippen molar-refractivity contribution in [2.75, 3.05) is 4.90 Å². The Morgan fingerprint density at radius 1 is 1.11 bits per heavy atom. The number of benzene rings is 2. The van der Waals surface area contributed by atoms with Crippen LogP contribution in [0.3, 0.4) is 0 Å². The van der Waals surface area contributed by atoms with Gasteiger partial charge in [0.1, 0.15) is 5.82 Å². The normalized spacial score (nSPS) is 16.2. The van der Waals surface area contributed by atoms with Gasteiger partial charge < -0.3 is 10.3 Å². The van der Waals surface area contributed by atoms with Crippen molar-refractivity contribution in [3.63, 3.8) is 0 Å². The molecule has 2 aromatic carbocycles. The highest BCUT2D eigenvalue weighted by Crippen LogP contribution is 2.47. The van der Waals surface area contributed by atoms with Gasteiger partial charge in [0.2, 0.25) is 5.88 Å². The first-order valence-corrected chi connectivity index (χ1v) is 8.87. The van der Waals surface area contributed by atoms with Crippen LogP contribution in [-0.4, -0.2) is 5.16 Å². The van der Waals surface area contributed by atoms with Crippen LogP contribution in [0.15, 0.2) is 64.4 Å². The van der Waals surface area contributed by atoms with E-state index in [1.807, 2.05) is 50.2 Å². The van der Waals surface area contributed by atoms with Gasteiger partial charge in [-0.2, -0.15) is 5.26 Å². The lowest BCUT2D eigenvalue weighted by molar-refractivity contribution is 0.420. The average Bonchev–Trinajstić information content (AvgIpc) is 3.04. The van der Waals surface area contributed by atoms with Gasteiger partial charge in [0, 0.05) is 5.02 Å². The summed E-state index contributed by atoms with van der Waals surface area (Å²) in [7, 11) is 0. The topological polar surface area (TPSA) is 79.1 Å². The van der Waals surface area contributed by atoms with Crippen molar-refractivity contribution < 1.29 is 4.52 Å². The summed E-state index contributed by atoms with van der Waals surface area (Å²) in [5.74, 6) is 0.521. The summed E-state index contributed by atoms with van der Waals surface area (Å²) < 4.78 is 5.65. The van der Waals surface area contributed by atoms with E-state index in [0.717, 1.165) is 28.1 Å². The molecule has 2 heterocycles. The Hall–Kier alpha value is -3.23. The van der Waals surface area contributed by atoms with Crippen LogP contribution < -0.4 is 10.6 Å². The van der Waals surface area contributed by atoms with E-state index in [4.69, 9.17) is 21.9 Å². The first kappa shape index (κ1) is 17.2. The number of nitriles is 1. The van der Waals surface area contributed by atoms with Gasteiger partial charge in [-0.05, 0) is 43.7 Å². The van der Waals surface area contributed by atoms with Crippen molar-refractivity contribution in [1.82, 2.24) is 5.16 Å². The van der Waals surface area contributed by atoms with Gasteiger partial charge in [0.05, 0.1) is 34.5 Å². The zero-order valence-corrected chi connectivity index (χ0v) is 15.7. The molecule has 1 aromatic heterocycles. The Bertz CT molecular complexity index is 1070. The molecule has 1 atom stereocenters. The van der Waals surface area contributed by atoms with Crippen molar-refractivity contribution in [3.8, 4) is 6.07 Å². The Kier molecular flexibility index (Phi) is 4.14. The molecule has 6 heteroatoms. The van der Waals surface area contributed by atoms with Crippen LogP contribution in [0.5, 0.6) is 0 Å². The lowest BCUT2D eigenvalue weighted by atomic mass is 9.82. The van der Waals surface area contributed by atoms with Crippen LogP contribution in [0.4, 0.5) is 11.6 Å². The predicted octanol–water partition coefficient (Wildman–Crippen LogP) is 4.92. The maximum absolute atomic E-state index is 9.92. The second kappa shape index (κ2) is 6.49. The summed E-state index contributed by atoms with van der Waals surface area (Å²) in [6.07, 6.45) is 0. The van der Waals surface area contributed by atoms with Crippen LogP contribution >= 0.6 is 11.6 Å². The number of fused-ring (bicyclic) bond motifs is 1. The van der Waals surface area contributed by atoms with Gasteiger partial charge in [-0.1, -0.05) is 46.6 Å². The molecular weight excluding hydrogens is 360 g/mol. The van der Waals surface area contributed by atoms with Gasteiger partial charge in [-0.3, -0.25) is 4.90 Å². The fourth-order valence-electron chi connectivity index (χ4n) is 3.44. The summed E-state index contributed by atoms with van der Waals surface area (Å²) in [6.45, 7) is 3.88. The van der Waals surface area contributed by atoms with Gasteiger partial charge in [-0.25, -0.2) is 0 Å². The highest BCUT2D eigenvalue weighted by molar-refractivity contribution is 6.30. The molecule has 0 bridgehead atoms. The zero-order valence-electron chi connectivity index (χ0n) is 14.9. The van der Waals surface area contributed by atoms with Gasteiger partial charge in [0.25, 0.3) is 0 Å². The van der Waals surface area contributed by atoms with Gasteiger partial charge >= 0.3 is 0 Å². The molecule has 0 saturated carbocycles. The molecular formula is C21H17ClN4O. The maximum Gasteiger partial charge on any atom is 0.241 e. The SMILES string of the molecule is Cc1ccc(N2C(N)=C(C#N)[C@@H](c3ccc(Cl)cc3)c3c(C)noc32)cc1. The fourth-order valence-corrected chi connectivity index (χ4v) is 3.57. The zero-order chi connectivity index (χ0) is 19.1. The molecule has 0 spiro atoms. The minimum Gasteiger partial charge on any atom is -0.384 e. The van der Waals surface area contributed by atoms with E-state index in [1.165, 1.54) is 0 Å². The van der Waals surface area contributed by atoms with E-state index in [1.54, 1.807) is 17.0 Å². The highest BCUT2D eigenvalue weighted by atomic mass is 35.5. The first-order valence-electron chi connectivity index (χ1n) is 8.49. The summed E-state index contributed by atoms with van der Waals surface area (Å²) in [4.78, 5) is 1.75.